The molecule has 0 saturated carbocycles. The SMILES string of the molecule is CCCN(CCC)c1ccc(CNCC(C)C)cc1Br. The Morgan fingerprint density at radius 1 is 1.15 bits per heavy atom. The Labute approximate surface area is 133 Å². The van der Waals surface area contributed by atoms with Crippen molar-refractivity contribution in [3.05, 3.63) is 28.2 Å². The van der Waals surface area contributed by atoms with Gasteiger partial charge in [-0.05, 0) is 58.9 Å². The van der Waals surface area contributed by atoms with Crippen molar-refractivity contribution >= 4 is 21.6 Å². The van der Waals surface area contributed by atoms with Crippen LogP contribution in [0.5, 0.6) is 0 Å². The number of hydrogen-bond donors (Lipinski definition) is 1. The Bertz CT molecular complexity index is 385. The van der Waals surface area contributed by atoms with Crippen LogP contribution < -0.4 is 10.2 Å². The first-order valence-electron chi connectivity index (χ1n) is 7.82. The summed E-state index contributed by atoms with van der Waals surface area (Å²) in [5, 5.41) is 3.49. The molecule has 114 valence electrons. The molecule has 0 amide bonds. The van der Waals surface area contributed by atoms with E-state index < -0.39 is 0 Å². The molecule has 0 bridgehead atoms. The maximum atomic E-state index is 3.74. The predicted molar refractivity (Wildman–Crippen MR) is 93.5 cm³/mol. The molecule has 1 rings (SSSR count). The third kappa shape index (κ3) is 5.84. The summed E-state index contributed by atoms with van der Waals surface area (Å²) in [6.07, 6.45) is 2.37. The molecule has 1 N–H and O–H groups in total. The zero-order valence-electron chi connectivity index (χ0n) is 13.4. The summed E-state index contributed by atoms with van der Waals surface area (Å²) in [7, 11) is 0. The minimum Gasteiger partial charge on any atom is -0.371 e. The second-order valence-corrected chi connectivity index (χ2v) is 6.65. The Morgan fingerprint density at radius 3 is 2.30 bits per heavy atom. The van der Waals surface area contributed by atoms with E-state index in [0.29, 0.717) is 5.92 Å². The molecule has 2 nitrogen and oxygen atoms in total. The molecule has 0 unspecified atom stereocenters. The van der Waals surface area contributed by atoms with Gasteiger partial charge < -0.3 is 10.2 Å². The summed E-state index contributed by atoms with van der Waals surface area (Å²) in [5.74, 6) is 0.697. The van der Waals surface area contributed by atoms with Crippen LogP contribution in [0.2, 0.25) is 0 Å². The number of anilines is 1. The highest BCUT2D eigenvalue weighted by Gasteiger charge is 2.09. The van der Waals surface area contributed by atoms with Gasteiger partial charge in [-0.3, -0.25) is 0 Å². The molecule has 3 heteroatoms. The van der Waals surface area contributed by atoms with Gasteiger partial charge in [-0.25, -0.2) is 0 Å². The van der Waals surface area contributed by atoms with Gasteiger partial charge in [-0.1, -0.05) is 33.8 Å². The van der Waals surface area contributed by atoms with Gasteiger partial charge in [-0.15, -0.1) is 0 Å². The lowest BCUT2D eigenvalue weighted by molar-refractivity contribution is 0.552. The van der Waals surface area contributed by atoms with E-state index in [0.717, 1.165) is 26.2 Å². The van der Waals surface area contributed by atoms with Crippen LogP contribution in [0.15, 0.2) is 22.7 Å². The van der Waals surface area contributed by atoms with Crippen molar-refractivity contribution in [1.29, 1.82) is 0 Å². The summed E-state index contributed by atoms with van der Waals surface area (Å²) in [4.78, 5) is 2.47. The van der Waals surface area contributed by atoms with Crippen molar-refractivity contribution in [3.8, 4) is 0 Å². The van der Waals surface area contributed by atoms with Crippen LogP contribution in [0.3, 0.4) is 0 Å². The summed E-state index contributed by atoms with van der Waals surface area (Å²) >= 11 is 3.74. The van der Waals surface area contributed by atoms with Crippen LogP contribution in [-0.2, 0) is 6.54 Å². The van der Waals surface area contributed by atoms with Crippen LogP contribution in [-0.4, -0.2) is 19.6 Å². The van der Waals surface area contributed by atoms with Gasteiger partial charge in [0.25, 0.3) is 0 Å². The Hall–Kier alpha value is -0.540. The molecule has 0 spiro atoms. The largest absolute Gasteiger partial charge is 0.371 e. The van der Waals surface area contributed by atoms with Crippen molar-refractivity contribution in [2.45, 2.75) is 47.1 Å². The summed E-state index contributed by atoms with van der Waals surface area (Å²) in [6.45, 7) is 13.2. The number of halogens is 1. The smallest absolute Gasteiger partial charge is 0.0510 e. The molecule has 0 aromatic heterocycles. The zero-order valence-corrected chi connectivity index (χ0v) is 15.0. The Kier molecular flexibility index (Phi) is 8.24. The highest BCUT2D eigenvalue weighted by atomic mass is 79.9. The Morgan fingerprint density at radius 2 is 1.80 bits per heavy atom. The van der Waals surface area contributed by atoms with Gasteiger partial charge in [-0.2, -0.15) is 0 Å². The topological polar surface area (TPSA) is 15.3 Å². The fourth-order valence-electron chi connectivity index (χ4n) is 2.31. The average Bonchev–Trinajstić information content (AvgIpc) is 2.38. The maximum absolute atomic E-state index is 3.74. The normalized spacial score (nSPS) is 11.1. The molecular formula is C17H29BrN2. The Balaban J connectivity index is 2.70. The van der Waals surface area contributed by atoms with Crippen molar-refractivity contribution in [3.63, 3.8) is 0 Å². The monoisotopic (exact) mass is 340 g/mol. The molecule has 0 heterocycles. The van der Waals surface area contributed by atoms with Crippen LogP contribution in [0.1, 0.15) is 46.1 Å². The quantitative estimate of drug-likeness (QED) is 0.693. The number of nitrogens with one attached hydrogen (secondary N) is 1. The van der Waals surface area contributed by atoms with Gasteiger partial charge in [0, 0.05) is 24.1 Å². The lowest BCUT2D eigenvalue weighted by Gasteiger charge is -2.25. The van der Waals surface area contributed by atoms with Gasteiger partial charge in [0.15, 0.2) is 0 Å². The highest BCUT2D eigenvalue weighted by Crippen LogP contribution is 2.27. The van der Waals surface area contributed by atoms with E-state index in [1.807, 2.05) is 0 Å². The summed E-state index contributed by atoms with van der Waals surface area (Å²) < 4.78 is 1.21. The van der Waals surface area contributed by atoms with Crippen LogP contribution in [0, 0.1) is 5.92 Å². The van der Waals surface area contributed by atoms with Crippen molar-refractivity contribution in [2.75, 3.05) is 24.5 Å². The van der Waals surface area contributed by atoms with E-state index in [1.54, 1.807) is 0 Å². The first-order chi connectivity index (χ1) is 9.58. The fraction of sp³-hybridized carbons (Fsp3) is 0.647. The molecule has 1 aromatic rings. The lowest BCUT2D eigenvalue weighted by Crippen LogP contribution is -2.25. The second-order valence-electron chi connectivity index (χ2n) is 5.80. The molecule has 0 aliphatic rings. The van der Waals surface area contributed by atoms with Crippen LogP contribution in [0.4, 0.5) is 5.69 Å². The van der Waals surface area contributed by atoms with Crippen molar-refractivity contribution < 1.29 is 0 Å². The van der Waals surface area contributed by atoms with E-state index in [2.05, 4.69) is 72.0 Å². The molecule has 0 radical (unpaired) electrons. The van der Waals surface area contributed by atoms with E-state index in [1.165, 1.54) is 28.6 Å². The molecule has 20 heavy (non-hydrogen) atoms. The van der Waals surface area contributed by atoms with Crippen LogP contribution in [0.25, 0.3) is 0 Å². The first-order valence-corrected chi connectivity index (χ1v) is 8.61. The van der Waals surface area contributed by atoms with E-state index in [-0.39, 0.29) is 0 Å². The molecule has 0 atom stereocenters. The third-order valence-electron chi connectivity index (χ3n) is 3.22. The lowest BCUT2D eigenvalue weighted by atomic mass is 10.1. The molecule has 1 aromatic carbocycles. The van der Waals surface area contributed by atoms with E-state index in [9.17, 15) is 0 Å². The molecule has 0 fully saturated rings. The molecular weight excluding hydrogens is 312 g/mol. The van der Waals surface area contributed by atoms with E-state index in [4.69, 9.17) is 0 Å². The predicted octanol–water partition coefficient (Wildman–Crippen LogP) is 4.82. The third-order valence-corrected chi connectivity index (χ3v) is 3.86. The van der Waals surface area contributed by atoms with Gasteiger partial charge in [0.1, 0.15) is 0 Å². The number of nitrogens with zero attached hydrogens (tertiary/aromatic N) is 1. The molecule has 0 aliphatic heterocycles. The van der Waals surface area contributed by atoms with Crippen LogP contribution >= 0.6 is 15.9 Å². The van der Waals surface area contributed by atoms with E-state index >= 15 is 0 Å². The molecule has 0 saturated heterocycles. The average molecular weight is 341 g/mol. The zero-order chi connectivity index (χ0) is 15.0. The minimum absolute atomic E-state index is 0.697. The number of rotatable bonds is 9. The van der Waals surface area contributed by atoms with Crippen molar-refractivity contribution in [1.82, 2.24) is 5.32 Å². The van der Waals surface area contributed by atoms with Gasteiger partial charge in [0.05, 0.1) is 5.69 Å². The van der Waals surface area contributed by atoms with Crippen molar-refractivity contribution in [2.24, 2.45) is 5.92 Å². The number of benzene rings is 1. The second kappa shape index (κ2) is 9.41. The van der Waals surface area contributed by atoms with Gasteiger partial charge >= 0.3 is 0 Å². The standard InChI is InChI=1S/C17H29BrN2/c1-5-9-20(10-6-2)17-8-7-15(11-16(17)18)13-19-12-14(3)4/h7-8,11,14,19H,5-6,9-10,12-13H2,1-4H3. The fourth-order valence-corrected chi connectivity index (χ4v) is 2.99. The summed E-state index contributed by atoms with van der Waals surface area (Å²) in [6, 6.07) is 6.74. The van der Waals surface area contributed by atoms with Gasteiger partial charge in [0.2, 0.25) is 0 Å². The summed E-state index contributed by atoms with van der Waals surface area (Å²) in [5.41, 5.74) is 2.66. The highest BCUT2D eigenvalue weighted by molar-refractivity contribution is 9.10. The molecule has 0 aliphatic carbocycles. The first kappa shape index (κ1) is 17.5. The number of hydrogen-bond acceptors (Lipinski definition) is 2. The maximum Gasteiger partial charge on any atom is 0.0510 e. The minimum atomic E-state index is 0.697.